The molecule has 1 amide bonds. The average molecular weight is 326 g/mol. The maximum absolute atomic E-state index is 12.1. The van der Waals surface area contributed by atoms with Crippen molar-refractivity contribution in [3.8, 4) is 5.75 Å². The lowest BCUT2D eigenvalue weighted by atomic mass is 10.1. The normalized spacial score (nSPS) is 10.5. The highest BCUT2D eigenvalue weighted by Crippen LogP contribution is 2.18. The monoisotopic (exact) mass is 326 g/mol. The second kappa shape index (κ2) is 8.39. The van der Waals surface area contributed by atoms with Crippen LogP contribution >= 0.6 is 0 Å². The van der Waals surface area contributed by atoms with Gasteiger partial charge in [-0.05, 0) is 43.5 Å². The first-order chi connectivity index (χ1) is 11.4. The van der Waals surface area contributed by atoms with Gasteiger partial charge in [0, 0.05) is 17.4 Å². The zero-order chi connectivity index (χ0) is 17.5. The number of hydrogen-bond acceptors (Lipinski definition) is 3. The van der Waals surface area contributed by atoms with E-state index in [9.17, 15) is 4.79 Å². The lowest BCUT2D eigenvalue weighted by Crippen LogP contribution is -2.22. The quantitative estimate of drug-likeness (QED) is 0.793. The second-order valence-corrected chi connectivity index (χ2v) is 6.45. The third-order valence-corrected chi connectivity index (χ3v) is 3.52. The smallest absolute Gasteiger partial charge is 0.243 e. The molecule has 0 radical (unpaired) electrons. The molecule has 0 aliphatic carbocycles. The standard InChI is InChI=1S/C20H26N2O2/c1-14(2)13-24-18-7-5-6-17(11-18)22-20(23)12-21-19-9-8-15(3)10-16(19)4/h5-11,14,21H,12-13H2,1-4H3,(H,22,23). The summed E-state index contributed by atoms with van der Waals surface area (Å²) < 4.78 is 5.68. The van der Waals surface area contributed by atoms with E-state index < -0.39 is 0 Å². The Morgan fingerprint density at radius 1 is 1.12 bits per heavy atom. The summed E-state index contributed by atoms with van der Waals surface area (Å²) in [7, 11) is 0. The van der Waals surface area contributed by atoms with Gasteiger partial charge in [-0.25, -0.2) is 0 Å². The van der Waals surface area contributed by atoms with E-state index in [2.05, 4.69) is 37.5 Å². The van der Waals surface area contributed by atoms with Crippen LogP contribution < -0.4 is 15.4 Å². The zero-order valence-corrected chi connectivity index (χ0v) is 14.8. The highest BCUT2D eigenvalue weighted by molar-refractivity contribution is 5.94. The van der Waals surface area contributed by atoms with Gasteiger partial charge in [0.05, 0.1) is 13.2 Å². The predicted octanol–water partition coefficient (Wildman–Crippen LogP) is 4.39. The molecule has 0 aliphatic rings. The van der Waals surface area contributed by atoms with Crippen LogP contribution in [0.5, 0.6) is 5.75 Å². The van der Waals surface area contributed by atoms with E-state index in [1.54, 1.807) is 0 Å². The van der Waals surface area contributed by atoms with E-state index >= 15 is 0 Å². The highest BCUT2D eigenvalue weighted by Gasteiger charge is 2.05. The van der Waals surface area contributed by atoms with Crippen molar-refractivity contribution in [1.82, 2.24) is 0 Å². The lowest BCUT2D eigenvalue weighted by molar-refractivity contribution is -0.114. The van der Waals surface area contributed by atoms with Gasteiger partial charge in [-0.1, -0.05) is 37.6 Å². The first kappa shape index (κ1) is 17.9. The van der Waals surface area contributed by atoms with Crippen molar-refractivity contribution in [1.29, 1.82) is 0 Å². The minimum absolute atomic E-state index is 0.0871. The Morgan fingerprint density at radius 2 is 1.92 bits per heavy atom. The fraction of sp³-hybridized carbons (Fsp3) is 0.350. The fourth-order valence-electron chi connectivity index (χ4n) is 2.32. The molecule has 4 nitrogen and oxygen atoms in total. The summed E-state index contributed by atoms with van der Waals surface area (Å²) in [6.07, 6.45) is 0. The van der Waals surface area contributed by atoms with Crippen molar-refractivity contribution in [3.05, 3.63) is 53.6 Å². The van der Waals surface area contributed by atoms with Crippen LogP contribution in [0.2, 0.25) is 0 Å². The Balaban J connectivity index is 1.89. The molecule has 0 spiro atoms. The number of aryl methyl sites for hydroxylation is 2. The number of benzene rings is 2. The van der Waals surface area contributed by atoms with Gasteiger partial charge in [-0.2, -0.15) is 0 Å². The van der Waals surface area contributed by atoms with E-state index in [0.717, 1.165) is 22.7 Å². The van der Waals surface area contributed by atoms with Crippen LogP contribution in [0, 0.1) is 19.8 Å². The summed E-state index contributed by atoms with van der Waals surface area (Å²) in [5.74, 6) is 1.14. The molecule has 24 heavy (non-hydrogen) atoms. The van der Waals surface area contributed by atoms with Gasteiger partial charge in [0.25, 0.3) is 0 Å². The molecule has 0 unspecified atom stereocenters. The Labute approximate surface area is 144 Å². The van der Waals surface area contributed by atoms with Crippen molar-refractivity contribution in [2.45, 2.75) is 27.7 Å². The first-order valence-corrected chi connectivity index (χ1v) is 8.28. The molecule has 0 saturated carbocycles. The molecule has 0 aliphatic heterocycles. The summed E-state index contributed by atoms with van der Waals surface area (Å²) in [5.41, 5.74) is 4.06. The minimum atomic E-state index is -0.0871. The van der Waals surface area contributed by atoms with Gasteiger partial charge in [-0.15, -0.1) is 0 Å². The van der Waals surface area contributed by atoms with Crippen LogP contribution in [0.25, 0.3) is 0 Å². The van der Waals surface area contributed by atoms with E-state index in [-0.39, 0.29) is 12.5 Å². The fourth-order valence-corrected chi connectivity index (χ4v) is 2.32. The Kier molecular flexibility index (Phi) is 6.24. The molecule has 0 saturated heterocycles. The third-order valence-electron chi connectivity index (χ3n) is 3.52. The number of rotatable bonds is 7. The molecule has 0 fully saturated rings. The summed E-state index contributed by atoms with van der Waals surface area (Å²) in [4.78, 5) is 12.1. The molecular weight excluding hydrogens is 300 g/mol. The van der Waals surface area contributed by atoms with Crippen LogP contribution in [0.15, 0.2) is 42.5 Å². The van der Waals surface area contributed by atoms with Crippen molar-refractivity contribution in [3.63, 3.8) is 0 Å². The van der Waals surface area contributed by atoms with Crippen molar-refractivity contribution in [2.75, 3.05) is 23.8 Å². The molecule has 0 heterocycles. The van der Waals surface area contributed by atoms with Crippen LogP contribution in [0.1, 0.15) is 25.0 Å². The summed E-state index contributed by atoms with van der Waals surface area (Å²) in [6.45, 7) is 9.17. The third kappa shape index (κ3) is 5.61. The van der Waals surface area contributed by atoms with Gasteiger partial charge >= 0.3 is 0 Å². The van der Waals surface area contributed by atoms with Gasteiger partial charge in [0.2, 0.25) is 5.91 Å². The van der Waals surface area contributed by atoms with E-state index in [1.165, 1.54) is 5.56 Å². The van der Waals surface area contributed by atoms with Crippen LogP contribution in [0.4, 0.5) is 11.4 Å². The van der Waals surface area contributed by atoms with E-state index in [0.29, 0.717) is 12.5 Å². The zero-order valence-electron chi connectivity index (χ0n) is 14.8. The molecule has 4 heteroatoms. The van der Waals surface area contributed by atoms with Crippen molar-refractivity contribution >= 4 is 17.3 Å². The Bertz CT molecular complexity index is 696. The molecule has 0 aromatic heterocycles. The topological polar surface area (TPSA) is 50.4 Å². The molecule has 2 aromatic rings. The number of ether oxygens (including phenoxy) is 1. The minimum Gasteiger partial charge on any atom is -0.493 e. The van der Waals surface area contributed by atoms with Gasteiger partial charge in [-0.3, -0.25) is 4.79 Å². The Morgan fingerprint density at radius 3 is 2.62 bits per heavy atom. The number of nitrogens with one attached hydrogen (secondary N) is 2. The number of anilines is 2. The predicted molar refractivity (Wildman–Crippen MR) is 99.8 cm³/mol. The molecule has 0 atom stereocenters. The second-order valence-electron chi connectivity index (χ2n) is 6.45. The molecule has 2 rings (SSSR count). The molecule has 0 bridgehead atoms. The number of carbonyl (C=O) groups excluding carboxylic acids is 1. The summed E-state index contributed by atoms with van der Waals surface area (Å²) >= 11 is 0. The van der Waals surface area contributed by atoms with Crippen molar-refractivity contribution in [2.24, 2.45) is 5.92 Å². The largest absolute Gasteiger partial charge is 0.493 e. The van der Waals surface area contributed by atoms with Crippen LogP contribution in [0.3, 0.4) is 0 Å². The van der Waals surface area contributed by atoms with Crippen LogP contribution in [-0.4, -0.2) is 19.1 Å². The van der Waals surface area contributed by atoms with Crippen molar-refractivity contribution < 1.29 is 9.53 Å². The molecule has 2 N–H and O–H groups in total. The van der Waals surface area contributed by atoms with Gasteiger partial charge in [0.1, 0.15) is 5.75 Å². The number of carbonyl (C=O) groups is 1. The van der Waals surface area contributed by atoms with E-state index in [1.807, 2.05) is 43.3 Å². The Hall–Kier alpha value is -2.49. The molecular formula is C20H26N2O2. The number of hydrogen-bond donors (Lipinski definition) is 2. The lowest BCUT2D eigenvalue weighted by Gasteiger charge is -2.12. The van der Waals surface area contributed by atoms with E-state index in [4.69, 9.17) is 4.74 Å². The average Bonchev–Trinajstić information content (AvgIpc) is 2.52. The summed E-state index contributed by atoms with van der Waals surface area (Å²) in [5, 5.41) is 6.06. The molecule has 2 aromatic carbocycles. The van der Waals surface area contributed by atoms with Crippen LogP contribution in [-0.2, 0) is 4.79 Å². The SMILES string of the molecule is Cc1ccc(NCC(=O)Nc2cccc(OCC(C)C)c2)c(C)c1. The maximum Gasteiger partial charge on any atom is 0.243 e. The van der Waals surface area contributed by atoms with Gasteiger partial charge in [0.15, 0.2) is 0 Å². The highest BCUT2D eigenvalue weighted by atomic mass is 16.5. The summed E-state index contributed by atoms with van der Waals surface area (Å²) in [6, 6.07) is 13.6. The first-order valence-electron chi connectivity index (χ1n) is 8.28. The van der Waals surface area contributed by atoms with Gasteiger partial charge < -0.3 is 15.4 Å². The number of amides is 1. The maximum atomic E-state index is 12.1. The molecule has 128 valence electrons.